The van der Waals surface area contributed by atoms with E-state index in [0.29, 0.717) is 6.42 Å². The molecule has 7 heteroatoms. The standard InChI is InChI=1S/C22H32N4O2.HI/c1-23-20(26-11-5-8-21(17-26)14-19(27)24-15-21)25-16-22(9-12-28-13-10-22)18-6-3-2-4-7-18;/h2-4,6-7H,5,8-17H2,1H3,(H,23,25)(H,24,27);1H. The maximum Gasteiger partial charge on any atom is 0.220 e. The number of hydrogen-bond acceptors (Lipinski definition) is 3. The Bertz CT molecular complexity index is 721. The van der Waals surface area contributed by atoms with Crippen LogP contribution in [0.5, 0.6) is 0 Å². The molecule has 1 aromatic carbocycles. The summed E-state index contributed by atoms with van der Waals surface area (Å²) >= 11 is 0. The molecule has 0 bridgehead atoms. The van der Waals surface area contributed by atoms with Gasteiger partial charge in [-0.25, -0.2) is 0 Å². The Hall–Kier alpha value is -1.35. The van der Waals surface area contributed by atoms with Crippen molar-refractivity contribution in [3.63, 3.8) is 0 Å². The highest BCUT2D eigenvalue weighted by atomic mass is 127. The molecular weight excluding hydrogens is 479 g/mol. The third-order valence-electron chi connectivity index (χ3n) is 6.79. The summed E-state index contributed by atoms with van der Waals surface area (Å²) in [6.45, 7) is 5.15. The summed E-state index contributed by atoms with van der Waals surface area (Å²) in [4.78, 5) is 18.7. The van der Waals surface area contributed by atoms with Crippen LogP contribution in [0.2, 0.25) is 0 Å². The van der Waals surface area contributed by atoms with Crippen molar-refractivity contribution in [1.82, 2.24) is 15.5 Å². The van der Waals surface area contributed by atoms with Crippen molar-refractivity contribution in [1.29, 1.82) is 0 Å². The lowest BCUT2D eigenvalue weighted by Crippen LogP contribution is -2.54. The van der Waals surface area contributed by atoms with E-state index in [1.807, 2.05) is 7.05 Å². The van der Waals surface area contributed by atoms with E-state index in [4.69, 9.17) is 4.74 Å². The van der Waals surface area contributed by atoms with Gasteiger partial charge in [0.2, 0.25) is 5.91 Å². The molecular formula is C22H33IN4O2. The first-order valence-electron chi connectivity index (χ1n) is 10.5. The van der Waals surface area contributed by atoms with Crippen LogP contribution in [0.4, 0.5) is 0 Å². The molecule has 1 aromatic rings. The second-order valence-electron chi connectivity index (χ2n) is 8.64. The monoisotopic (exact) mass is 512 g/mol. The van der Waals surface area contributed by atoms with Crippen molar-refractivity contribution in [2.24, 2.45) is 10.4 Å². The summed E-state index contributed by atoms with van der Waals surface area (Å²) in [5.41, 5.74) is 1.53. The van der Waals surface area contributed by atoms with Gasteiger partial charge in [0.15, 0.2) is 5.96 Å². The number of nitrogens with zero attached hydrogens (tertiary/aromatic N) is 2. The van der Waals surface area contributed by atoms with E-state index in [9.17, 15) is 4.79 Å². The number of guanidine groups is 1. The van der Waals surface area contributed by atoms with Gasteiger partial charge in [0.05, 0.1) is 0 Å². The van der Waals surface area contributed by atoms with Gasteiger partial charge in [0, 0.05) is 63.7 Å². The summed E-state index contributed by atoms with van der Waals surface area (Å²) in [7, 11) is 1.86. The molecule has 3 aliphatic heterocycles. The van der Waals surface area contributed by atoms with Crippen LogP contribution in [0.15, 0.2) is 35.3 Å². The topological polar surface area (TPSA) is 66.0 Å². The highest BCUT2D eigenvalue weighted by molar-refractivity contribution is 14.0. The maximum absolute atomic E-state index is 11.8. The van der Waals surface area contributed by atoms with Crippen LogP contribution in [-0.2, 0) is 14.9 Å². The molecule has 0 aliphatic carbocycles. The second kappa shape index (κ2) is 9.64. The number of benzene rings is 1. The van der Waals surface area contributed by atoms with Gasteiger partial charge in [0.1, 0.15) is 0 Å². The largest absolute Gasteiger partial charge is 0.381 e. The van der Waals surface area contributed by atoms with E-state index in [0.717, 1.165) is 71.0 Å². The van der Waals surface area contributed by atoms with Gasteiger partial charge in [-0.2, -0.15) is 0 Å². The third kappa shape index (κ3) is 4.87. The summed E-state index contributed by atoms with van der Waals surface area (Å²) in [6, 6.07) is 10.8. The zero-order chi connectivity index (χ0) is 19.5. The van der Waals surface area contributed by atoms with E-state index < -0.39 is 0 Å². The Balaban J connectivity index is 0.00000240. The highest BCUT2D eigenvalue weighted by Crippen LogP contribution is 2.37. The Labute approximate surface area is 190 Å². The molecule has 0 aromatic heterocycles. The Morgan fingerprint density at radius 1 is 1.24 bits per heavy atom. The van der Waals surface area contributed by atoms with Crippen molar-refractivity contribution < 1.29 is 9.53 Å². The molecule has 1 unspecified atom stereocenters. The molecule has 3 heterocycles. The molecule has 3 aliphatic rings. The number of amides is 1. The molecule has 6 nitrogen and oxygen atoms in total. The van der Waals surface area contributed by atoms with Gasteiger partial charge in [-0.1, -0.05) is 30.3 Å². The van der Waals surface area contributed by atoms with Crippen LogP contribution in [0.1, 0.15) is 37.7 Å². The minimum absolute atomic E-state index is 0. The van der Waals surface area contributed by atoms with Gasteiger partial charge in [-0.3, -0.25) is 9.79 Å². The highest BCUT2D eigenvalue weighted by Gasteiger charge is 2.43. The second-order valence-corrected chi connectivity index (χ2v) is 8.64. The van der Waals surface area contributed by atoms with E-state index in [1.165, 1.54) is 5.56 Å². The number of carbonyl (C=O) groups is 1. The Morgan fingerprint density at radius 2 is 2.00 bits per heavy atom. The number of rotatable bonds is 3. The first-order valence-corrected chi connectivity index (χ1v) is 10.5. The fourth-order valence-electron chi connectivity index (χ4n) is 5.13. The molecule has 1 spiro atoms. The van der Waals surface area contributed by atoms with Gasteiger partial charge < -0.3 is 20.3 Å². The van der Waals surface area contributed by atoms with E-state index in [-0.39, 0.29) is 40.7 Å². The van der Waals surface area contributed by atoms with E-state index in [1.54, 1.807) is 0 Å². The average molecular weight is 512 g/mol. The summed E-state index contributed by atoms with van der Waals surface area (Å²) in [6.07, 6.45) is 4.90. The summed E-state index contributed by atoms with van der Waals surface area (Å²) in [5, 5.41) is 6.71. The molecule has 3 fully saturated rings. The first-order chi connectivity index (χ1) is 13.6. The van der Waals surface area contributed by atoms with Gasteiger partial charge in [-0.05, 0) is 31.2 Å². The van der Waals surface area contributed by atoms with Crippen LogP contribution >= 0.6 is 24.0 Å². The lowest BCUT2D eigenvalue weighted by Gasteiger charge is -2.43. The van der Waals surface area contributed by atoms with Gasteiger partial charge in [0.25, 0.3) is 0 Å². The lowest BCUT2D eigenvalue weighted by atomic mass is 9.74. The fraction of sp³-hybridized carbons (Fsp3) is 0.636. The summed E-state index contributed by atoms with van der Waals surface area (Å²) < 4.78 is 5.66. The lowest BCUT2D eigenvalue weighted by molar-refractivity contribution is -0.119. The molecule has 3 saturated heterocycles. The quantitative estimate of drug-likeness (QED) is 0.371. The van der Waals surface area contributed by atoms with Crippen molar-refractivity contribution in [2.75, 3.05) is 46.4 Å². The molecule has 0 radical (unpaired) electrons. The van der Waals surface area contributed by atoms with Crippen molar-refractivity contribution in [3.05, 3.63) is 35.9 Å². The van der Waals surface area contributed by atoms with Crippen LogP contribution in [0.25, 0.3) is 0 Å². The molecule has 29 heavy (non-hydrogen) atoms. The molecule has 0 saturated carbocycles. The van der Waals surface area contributed by atoms with E-state index >= 15 is 0 Å². The maximum atomic E-state index is 11.8. The Morgan fingerprint density at radius 3 is 2.66 bits per heavy atom. The first kappa shape index (κ1) is 22.3. The number of nitrogens with one attached hydrogen (secondary N) is 2. The number of ether oxygens (including phenoxy) is 1. The molecule has 2 N–H and O–H groups in total. The van der Waals surface area contributed by atoms with Crippen molar-refractivity contribution in [2.45, 2.75) is 37.5 Å². The van der Waals surface area contributed by atoms with Crippen molar-refractivity contribution in [3.8, 4) is 0 Å². The number of aliphatic imine (C=N–C) groups is 1. The van der Waals surface area contributed by atoms with Crippen molar-refractivity contribution >= 4 is 35.8 Å². The number of halogens is 1. The van der Waals surface area contributed by atoms with Crippen LogP contribution in [0.3, 0.4) is 0 Å². The van der Waals surface area contributed by atoms with Gasteiger partial charge in [-0.15, -0.1) is 24.0 Å². The third-order valence-corrected chi connectivity index (χ3v) is 6.79. The zero-order valence-electron chi connectivity index (χ0n) is 17.3. The smallest absolute Gasteiger partial charge is 0.220 e. The number of carbonyl (C=O) groups excluding carboxylic acids is 1. The fourth-order valence-corrected chi connectivity index (χ4v) is 5.13. The SMILES string of the molecule is CN=C(NCC1(c2ccccc2)CCOCC1)N1CCCC2(CNC(=O)C2)C1.I. The average Bonchev–Trinajstić information content (AvgIpc) is 3.09. The zero-order valence-corrected chi connectivity index (χ0v) is 19.6. The predicted molar refractivity (Wildman–Crippen MR) is 126 cm³/mol. The summed E-state index contributed by atoms with van der Waals surface area (Å²) in [5.74, 6) is 1.15. The number of piperidine rings is 1. The van der Waals surface area contributed by atoms with Crippen LogP contribution < -0.4 is 10.6 Å². The predicted octanol–water partition coefficient (Wildman–Crippen LogP) is 2.53. The molecule has 1 amide bonds. The molecule has 1 atom stereocenters. The normalized spacial score (nSPS) is 26.7. The van der Waals surface area contributed by atoms with E-state index in [2.05, 4.69) is 50.9 Å². The minimum Gasteiger partial charge on any atom is -0.381 e. The minimum atomic E-state index is 0. The number of hydrogen-bond donors (Lipinski definition) is 2. The molecule has 4 rings (SSSR count). The van der Waals surface area contributed by atoms with Gasteiger partial charge >= 0.3 is 0 Å². The van der Waals surface area contributed by atoms with Crippen LogP contribution in [-0.4, -0.2) is 63.2 Å². The van der Waals surface area contributed by atoms with Crippen LogP contribution in [0, 0.1) is 5.41 Å². The Kier molecular flexibility index (Phi) is 7.42. The molecule has 160 valence electrons. The number of likely N-dealkylation sites (tertiary alicyclic amines) is 1.